The van der Waals surface area contributed by atoms with Crippen LogP contribution in [0.5, 0.6) is 17.2 Å². The maximum Gasteiger partial charge on any atom is 0.231 e. The van der Waals surface area contributed by atoms with E-state index >= 15 is 0 Å². The van der Waals surface area contributed by atoms with E-state index in [9.17, 15) is 4.79 Å². The SMILES string of the molecule is O=C1COc2cc3c(cc2C1)OCO3. The molecule has 0 saturated carbocycles. The average molecular weight is 192 g/mol. The van der Waals surface area contributed by atoms with Crippen molar-refractivity contribution in [1.82, 2.24) is 0 Å². The second-order valence-electron chi connectivity index (χ2n) is 3.32. The summed E-state index contributed by atoms with van der Waals surface area (Å²) in [6, 6.07) is 3.60. The van der Waals surface area contributed by atoms with Gasteiger partial charge in [-0.3, -0.25) is 4.79 Å². The van der Waals surface area contributed by atoms with Crippen molar-refractivity contribution in [3.63, 3.8) is 0 Å². The molecule has 0 aromatic heterocycles. The molecule has 0 radical (unpaired) electrons. The van der Waals surface area contributed by atoms with Crippen LogP contribution in [0, 0.1) is 0 Å². The summed E-state index contributed by atoms with van der Waals surface area (Å²) >= 11 is 0. The van der Waals surface area contributed by atoms with Crippen molar-refractivity contribution in [1.29, 1.82) is 0 Å². The second kappa shape index (κ2) is 2.64. The minimum Gasteiger partial charge on any atom is -0.485 e. The number of ketones is 1. The fraction of sp³-hybridized carbons (Fsp3) is 0.300. The van der Waals surface area contributed by atoms with Gasteiger partial charge in [0.15, 0.2) is 17.3 Å². The van der Waals surface area contributed by atoms with E-state index < -0.39 is 0 Å². The van der Waals surface area contributed by atoms with Crippen LogP contribution in [-0.4, -0.2) is 19.2 Å². The van der Waals surface area contributed by atoms with Crippen LogP contribution >= 0.6 is 0 Å². The van der Waals surface area contributed by atoms with E-state index in [0.717, 1.165) is 11.3 Å². The van der Waals surface area contributed by atoms with E-state index in [1.807, 2.05) is 6.07 Å². The summed E-state index contributed by atoms with van der Waals surface area (Å²) < 4.78 is 15.7. The van der Waals surface area contributed by atoms with Gasteiger partial charge in [0.05, 0.1) is 0 Å². The fourth-order valence-corrected chi connectivity index (χ4v) is 1.66. The number of carbonyl (C=O) groups excluding carboxylic acids is 1. The van der Waals surface area contributed by atoms with Crippen molar-refractivity contribution in [3.8, 4) is 17.2 Å². The smallest absolute Gasteiger partial charge is 0.231 e. The fourth-order valence-electron chi connectivity index (χ4n) is 1.66. The first-order chi connectivity index (χ1) is 6.83. The molecule has 0 N–H and O–H groups in total. The number of carbonyl (C=O) groups is 1. The normalized spacial score (nSPS) is 17.6. The van der Waals surface area contributed by atoms with Gasteiger partial charge < -0.3 is 14.2 Å². The molecule has 72 valence electrons. The van der Waals surface area contributed by atoms with E-state index in [2.05, 4.69) is 0 Å². The van der Waals surface area contributed by atoms with Crippen molar-refractivity contribution < 1.29 is 19.0 Å². The summed E-state index contributed by atoms with van der Waals surface area (Å²) in [5.74, 6) is 2.21. The lowest BCUT2D eigenvalue weighted by Crippen LogP contribution is -2.19. The monoisotopic (exact) mass is 192 g/mol. The summed E-state index contributed by atoms with van der Waals surface area (Å²) in [4.78, 5) is 11.1. The molecule has 0 bridgehead atoms. The van der Waals surface area contributed by atoms with E-state index in [1.54, 1.807) is 6.07 Å². The van der Waals surface area contributed by atoms with Crippen molar-refractivity contribution >= 4 is 5.78 Å². The van der Waals surface area contributed by atoms with Crippen LogP contribution in [0.3, 0.4) is 0 Å². The molecule has 0 amide bonds. The first-order valence-corrected chi connectivity index (χ1v) is 4.40. The lowest BCUT2D eigenvalue weighted by molar-refractivity contribution is -0.121. The number of hydrogen-bond donors (Lipinski definition) is 0. The van der Waals surface area contributed by atoms with Gasteiger partial charge >= 0.3 is 0 Å². The first kappa shape index (κ1) is 7.67. The van der Waals surface area contributed by atoms with Gasteiger partial charge in [-0.15, -0.1) is 0 Å². The Hall–Kier alpha value is -1.71. The largest absolute Gasteiger partial charge is 0.485 e. The molecule has 0 spiro atoms. The van der Waals surface area contributed by atoms with E-state index in [1.165, 1.54) is 0 Å². The molecule has 3 rings (SSSR count). The van der Waals surface area contributed by atoms with E-state index in [-0.39, 0.29) is 19.2 Å². The number of Topliss-reactive ketones (excluding diaryl/α,β-unsaturated/α-hetero) is 1. The predicted molar refractivity (Wildman–Crippen MR) is 46.8 cm³/mol. The van der Waals surface area contributed by atoms with E-state index in [0.29, 0.717) is 17.9 Å². The lowest BCUT2D eigenvalue weighted by Gasteiger charge is -2.16. The van der Waals surface area contributed by atoms with Crippen LogP contribution in [0.4, 0.5) is 0 Å². The van der Waals surface area contributed by atoms with Crippen LogP contribution in [0.15, 0.2) is 12.1 Å². The van der Waals surface area contributed by atoms with Crippen molar-refractivity contribution in [2.75, 3.05) is 13.4 Å². The summed E-state index contributed by atoms with van der Waals surface area (Å²) in [7, 11) is 0. The second-order valence-corrected chi connectivity index (χ2v) is 3.32. The molecular formula is C10H8O4. The summed E-state index contributed by atoms with van der Waals surface area (Å²) in [6.07, 6.45) is 0.423. The summed E-state index contributed by atoms with van der Waals surface area (Å²) in [5, 5.41) is 0. The average Bonchev–Trinajstić information content (AvgIpc) is 2.61. The Morgan fingerprint density at radius 3 is 2.64 bits per heavy atom. The third-order valence-electron chi connectivity index (χ3n) is 2.33. The molecule has 1 aromatic carbocycles. The van der Waals surface area contributed by atoms with E-state index in [4.69, 9.17) is 14.2 Å². The topological polar surface area (TPSA) is 44.8 Å². The quantitative estimate of drug-likeness (QED) is 0.613. The molecule has 2 aliphatic rings. The van der Waals surface area contributed by atoms with Gasteiger partial charge in [0.2, 0.25) is 6.79 Å². The molecule has 0 fully saturated rings. The third-order valence-corrected chi connectivity index (χ3v) is 2.33. The van der Waals surface area contributed by atoms with Gasteiger partial charge in [0, 0.05) is 18.1 Å². The molecule has 0 saturated heterocycles. The number of rotatable bonds is 0. The Labute approximate surface area is 80.4 Å². The molecule has 0 unspecified atom stereocenters. The Kier molecular flexibility index (Phi) is 1.45. The predicted octanol–water partition coefficient (Wildman–Crippen LogP) is 0.919. The van der Waals surface area contributed by atoms with Crippen LogP contribution in [0.25, 0.3) is 0 Å². The Bertz CT molecular complexity index is 411. The molecule has 2 aliphatic heterocycles. The molecule has 0 aliphatic carbocycles. The molecule has 4 heteroatoms. The summed E-state index contributed by atoms with van der Waals surface area (Å²) in [5.41, 5.74) is 0.880. The summed E-state index contributed by atoms with van der Waals surface area (Å²) in [6.45, 7) is 0.402. The molecular weight excluding hydrogens is 184 g/mol. The highest BCUT2D eigenvalue weighted by molar-refractivity contribution is 5.85. The zero-order chi connectivity index (χ0) is 9.54. The lowest BCUT2D eigenvalue weighted by atomic mass is 10.1. The van der Waals surface area contributed by atoms with Gasteiger partial charge in [0.25, 0.3) is 0 Å². The zero-order valence-corrected chi connectivity index (χ0v) is 7.41. The first-order valence-electron chi connectivity index (χ1n) is 4.40. The minimum atomic E-state index is 0.0939. The molecule has 14 heavy (non-hydrogen) atoms. The molecule has 4 nitrogen and oxygen atoms in total. The highest BCUT2D eigenvalue weighted by Crippen LogP contribution is 2.39. The van der Waals surface area contributed by atoms with Crippen molar-refractivity contribution in [2.24, 2.45) is 0 Å². The molecule has 1 aromatic rings. The van der Waals surface area contributed by atoms with Gasteiger partial charge in [0.1, 0.15) is 12.4 Å². The standard InChI is InChI=1S/C10H8O4/c11-7-1-6-2-9-10(14-5-13-9)3-8(6)12-4-7/h2-3H,1,4-5H2. The zero-order valence-electron chi connectivity index (χ0n) is 7.41. The van der Waals surface area contributed by atoms with Gasteiger partial charge in [-0.25, -0.2) is 0 Å². The Morgan fingerprint density at radius 1 is 1.00 bits per heavy atom. The Morgan fingerprint density at radius 2 is 1.79 bits per heavy atom. The highest BCUT2D eigenvalue weighted by Gasteiger charge is 2.22. The number of benzene rings is 1. The van der Waals surface area contributed by atoms with Crippen LogP contribution in [0.1, 0.15) is 5.56 Å². The van der Waals surface area contributed by atoms with Crippen LogP contribution < -0.4 is 14.2 Å². The molecule has 0 atom stereocenters. The highest BCUT2D eigenvalue weighted by atomic mass is 16.7. The van der Waals surface area contributed by atoms with Gasteiger partial charge in [-0.2, -0.15) is 0 Å². The Balaban J connectivity index is 2.10. The van der Waals surface area contributed by atoms with Crippen LogP contribution in [-0.2, 0) is 11.2 Å². The van der Waals surface area contributed by atoms with Crippen molar-refractivity contribution in [3.05, 3.63) is 17.7 Å². The maximum absolute atomic E-state index is 11.1. The third kappa shape index (κ3) is 1.04. The minimum absolute atomic E-state index is 0.0939. The maximum atomic E-state index is 11.1. The molecule has 2 heterocycles. The number of ether oxygens (including phenoxy) is 3. The number of fused-ring (bicyclic) bond motifs is 2. The van der Waals surface area contributed by atoms with Gasteiger partial charge in [-0.1, -0.05) is 0 Å². The van der Waals surface area contributed by atoms with Crippen LogP contribution in [0.2, 0.25) is 0 Å². The number of hydrogen-bond acceptors (Lipinski definition) is 4. The van der Waals surface area contributed by atoms with Crippen molar-refractivity contribution in [2.45, 2.75) is 6.42 Å². The van der Waals surface area contributed by atoms with Gasteiger partial charge in [-0.05, 0) is 6.07 Å².